The number of ether oxygens (including phenoxy) is 1. The zero-order valence-corrected chi connectivity index (χ0v) is 17.9. The second-order valence-corrected chi connectivity index (χ2v) is 7.97. The first-order valence-electron chi connectivity index (χ1n) is 9.78. The molecule has 4 nitrogen and oxygen atoms in total. The van der Waals surface area contributed by atoms with Crippen molar-refractivity contribution in [2.75, 3.05) is 13.7 Å². The van der Waals surface area contributed by atoms with E-state index in [1.54, 1.807) is 7.11 Å². The van der Waals surface area contributed by atoms with Crippen molar-refractivity contribution < 1.29 is 9.53 Å². The number of hydrogen-bond acceptors (Lipinski definition) is 2. The number of amides is 1. The number of benzene rings is 2. The number of para-hydroxylation sites is 1. The molecule has 1 amide bonds. The topological polar surface area (TPSA) is 34.5 Å². The van der Waals surface area contributed by atoms with Gasteiger partial charge in [-0.15, -0.1) is 0 Å². The minimum absolute atomic E-state index is 0.0216. The quantitative estimate of drug-likeness (QED) is 0.491. The number of carbonyl (C=O) groups excluding carboxylic acids is 1. The van der Waals surface area contributed by atoms with Crippen molar-refractivity contribution in [2.45, 2.75) is 26.9 Å². The molecule has 3 rings (SSSR count). The highest BCUT2D eigenvalue weighted by Crippen LogP contribution is 2.22. The first kappa shape index (κ1) is 21.0. The average molecular weight is 411 g/mol. The van der Waals surface area contributed by atoms with Crippen LogP contribution in [-0.2, 0) is 13.1 Å². The molecule has 0 aliphatic rings. The molecule has 0 fully saturated rings. The van der Waals surface area contributed by atoms with Crippen LogP contribution < -0.4 is 4.74 Å². The summed E-state index contributed by atoms with van der Waals surface area (Å²) in [5.74, 6) is 0.928. The van der Waals surface area contributed by atoms with E-state index in [0.29, 0.717) is 36.9 Å². The fourth-order valence-electron chi connectivity index (χ4n) is 3.43. The lowest BCUT2D eigenvalue weighted by Crippen LogP contribution is -2.34. The summed E-state index contributed by atoms with van der Waals surface area (Å²) in [6.07, 6.45) is 2.04. The van der Waals surface area contributed by atoms with Crippen LogP contribution in [0.4, 0.5) is 0 Å². The molecule has 3 aromatic rings. The Kier molecular flexibility index (Phi) is 6.99. The van der Waals surface area contributed by atoms with Crippen LogP contribution in [0.5, 0.6) is 5.75 Å². The van der Waals surface area contributed by atoms with E-state index >= 15 is 0 Å². The van der Waals surface area contributed by atoms with Gasteiger partial charge in [-0.2, -0.15) is 0 Å². The van der Waals surface area contributed by atoms with Crippen molar-refractivity contribution in [2.24, 2.45) is 5.92 Å². The predicted molar refractivity (Wildman–Crippen MR) is 118 cm³/mol. The van der Waals surface area contributed by atoms with Crippen LogP contribution in [0.15, 0.2) is 66.9 Å². The van der Waals surface area contributed by atoms with Gasteiger partial charge in [-0.3, -0.25) is 4.79 Å². The van der Waals surface area contributed by atoms with Crippen LogP contribution in [0.3, 0.4) is 0 Å². The molecule has 0 N–H and O–H groups in total. The number of aromatic nitrogens is 1. The van der Waals surface area contributed by atoms with Gasteiger partial charge in [0.15, 0.2) is 0 Å². The molecule has 29 heavy (non-hydrogen) atoms. The van der Waals surface area contributed by atoms with Crippen molar-refractivity contribution >= 4 is 17.5 Å². The van der Waals surface area contributed by atoms with Crippen LogP contribution in [-0.4, -0.2) is 29.0 Å². The SMILES string of the molecule is COc1ccccc1C(=O)N(Cc1cccn1Cc1cccc(Cl)c1)CC(C)C. The molecule has 0 spiro atoms. The van der Waals surface area contributed by atoms with E-state index in [4.69, 9.17) is 16.3 Å². The van der Waals surface area contributed by atoms with Crippen molar-refractivity contribution in [1.29, 1.82) is 0 Å². The molecular weight excluding hydrogens is 384 g/mol. The average Bonchev–Trinajstić information content (AvgIpc) is 3.13. The van der Waals surface area contributed by atoms with E-state index in [1.165, 1.54) is 0 Å². The first-order valence-corrected chi connectivity index (χ1v) is 10.2. The Balaban J connectivity index is 1.84. The van der Waals surface area contributed by atoms with Gasteiger partial charge in [0, 0.05) is 30.0 Å². The number of nitrogens with zero attached hydrogens (tertiary/aromatic N) is 2. The number of rotatable bonds is 8. The molecule has 0 saturated carbocycles. The lowest BCUT2D eigenvalue weighted by atomic mass is 10.1. The lowest BCUT2D eigenvalue weighted by Gasteiger charge is -2.26. The van der Waals surface area contributed by atoms with E-state index in [1.807, 2.05) is 59.6 Å². The molecule has 0 aliphatic heterocycles. The van der Waals surface area contributed by atoms with Crippen LogP contribution >= 0.6 is 11.6 Å². The van der Waals surface area contributed by atoms with Crippen molar-refractivity contribution in [3.63, 3.8) is 0 Å². The Morgan fingerprint density at radius 3 is 2.62 bits per heavy atom. The molecular formula is C24H27ClN2O2. The van der Waals surface area contributed by atoms with Crippen LogP contribution in [0.25, 0.3) is 0 Å². The van der Waals surface area contributed by atoms with Crippen LogP contribution in [0, 0.1) is 5.92 Å². The van der Waals surface area contributed by atoms with Crippen LogP contribution in [0.2, 0.25) is 5.02 Å². The van der Waals surface area contributed by atoms with Gasteiger partial charge in [0.1, 0.15) is 5.75 Å². The highest BCUT2D eigenvalue weighted by molar-refractivity contribution is 6.30. The van der Waals surface area contributed by atoms with E-state index in [9.17, 15) is 4.79 Å². The smallest absolute Gasteiger partial charge is 0.257 e. The Morgan fingerprint density at radius 2 is 1.90 bits per heavy atom. The maximum absolute atomic E-state index is 13.3. The molecule has 152 valence electrons. The molecule has 2 aromatic carbocycles. The summed E-state index contributed by atoms with van der Waals surface area (Å²) in [4.78, 5) is 15.2. The summed E-state index contributed by atoms with van der Waals surface area (Å²) < 4.78 is 7.57. The second-order valence-electron chi connectivity index (χ2n) is 7.54. The lowest BCUT2D eigenvalue weighted by molar-refractivity contribution is 0.0715. The van der Waals surface area contributed by atoms with Gasteiger partial charge in [0.25, 0.3) is 5.91 Å². The number of carbonyl (C=O) groups is 1. The fraction of sp³-hybridized carbons (Fsp3) is 0.292. The van der Waals surface area contributed by atoms with E-state index in [0.717, 1.165) is 16.3 Å². The van der Waals surface area contributed by atoms with Gasteiger partial charge in [-0.05, 0) is 47.9 Å². The monoisotopic (exact) mass is 410 g/mol. The third-order valence-electron chi connectivity index (χ3n) is 4.73. The standard InChI is InChI=1S/C24H27ClN2O2/c1-18(2)15-27(24(28)22-11-4-5-12-23(22)29-3)17-21-10-7-13-26(21)16-19-8-6-9-20(25)14-19/h4-14,18H,15-17H2,1-3H3. The molecule has 0 aliphatic carbocycles. The van der Waals surface area contributed by atoms with Gasteiger partial charge in [0.2, 0.25) is 0 Å². The van der Waals surface area contributed by atoms with Crippen LogP contribution in [0.1, 0.15) is 35.5 Å². The van der Waals surface area contributed by atoms with Gasteiger partial charge in [0.05, 0.1) is 19.2 Å². The van der Waals surface area contributed by atoms with Crippen molar-refractivity contribution in [3.8, 4) is 5.75 Å². The summed E-state index contributed by atoms with van der Waals surface area (Å²) in [5, 5.41) is 0.726. The summed E-state index contributed by atoms with van der Waals surface area (Å²) in [5.41, 5.74) is 2.79. The zero-order chi connectivity index (χ0) is 20.8. The van der Waals surface area contributed by atoms with Gasteiger partial charge in [-0.1, -0.05) is 49.7 Å². The van der Waals surface area contributed by atoms with E-state index in [2.05, 4.69) is 30.5 Å². The van der Waals surface area contributed by atoms with Gasteiger partial charge < -0.3 is 14.2 Å². The molecule has 1 aromatic heterocycles. The molecule has 0 atom stereocenters. The normalized spacial score (nSPS) is 10.9. The first-order chi connectivity index (χ1) is 14.0. The minimum atomic E-state index is -0.0216. The molecule has 0 unspecified atom stereocenters. The third-order valence-corrected chi connectivity index (χ3v) is 4.96. The molecule has 0 bridgehead atoms. The fourth-order valence-corrected chi connectivity index (χ4v) is 3.64. The molecule has 0 saturated heterocycles. The third kappa shape index (κ3) is 5.42. The molecule has 1 heterocycles. The Labute approximate surface area is 177 Å². The summed E-state index contributed by atoms with van der Waals surface area (Å²) >= 11 is 6.13. The Morgan fingerprint density at radius 1 is 1.10 bits per heavy atom. The van der Waals surface area contributed by atoms with Crippen molar-refractivity contribution in [3.05, 3.63) is 88.7 Å². The highest BCUT2D eigenvalue weighted by atomic mass is 35.5. The Hall–Kier alpha value is -2.72. The summed E-state index contributed by atoms with van der Waals surface area (Å²) in [6.45, 7) is 6.14. The summed E-state index contributed by atoms with van der Waals surface area (Å²) in [7, 11) is 1.59. The van der Waals surface area contributed by atoms with Gasteiger partial charge >= 0.3 is 0 Å². The molecule has 5 heteroatoms. The highest BCUT2D eigenvalue weighted by Gasteiger charge is 2.21. The maximum atomic E-state index is 13.3. The van der Waals surface area contributed by atoms with Gasteiger partial charge in [-0.25, -0.2) is 0 Å². The van der Waals surface area contributed by atoms with Crippen molar-refractivity contribution in [1.82, 2.24) is 9.47 Å². The number of methoxy groups -OCH3 is 1. The summed E-state index contributed by atoms with van der Waals surface area (Å²) in [6, 6.07) is 19.3. The largest absolute Gasteiger partial charge is 0.496 e. The number of hydrogen-bond donors (Lipinski definition) is 0. The zero-order valence-electron chi connectivity index (χ0n) is 17.1. The molecule has 0 radical (unpaired) electrons. The predicted octanol–water partition coefficient (Wildman–Crippen LogP) is 5.50. The number of halogens is 1. The minimum Gasteiger partial charge on any atom is -0.496 e. The Bertz CT molecular complexity index is 965. The van der Waals surface area contributed by atoms with E-state index < -0.39 is 0 Å². The second kappa shape index (κ2) is 9.66. The van der Waals surface area contributed by atoms with E-state index in [-0.39, 0.29) is 5.91 Å². The maximum Gasteiger partial charge on any atom is 0.257 e.